The van der Waals surface area contributed by atoms with E-state index < -0.39 is 7.87 Å². The molecule has 1 aliphatic carbocycles. The molecule has 0 saturated carbocycles. The summed E-state index contributed by atoms with van der Waals surface area (Å²) in [7, 11) is -2.90. The first-order valence-corrected chi connectivity index (χ1v) is 21.2. The summed E-state index contributed by atoms with van der Waals surface area (Å²) in [5.74, 6) is 0. The van der Waals surface area contributed by atoms with Crippen LogP contribution >= 0.6 is 7.87 Å². The van der Waals surface area contributed by atoms with Gasteiger partial charge in [-0.25, -0.2) is 5.09 Å². The number of allylic oxidation sites excluding steroid dienone is 11. The Labute approximate surface area is 323 Å². The van der Waals surface area contributed by atoms with Crippen LogP contribution in [0.15, 0.2) is 126 Å². The number of nitrogens with one attached hydrogen (secondary N) is 3. The third kappa shape index (κ3) is 6.64. The Bertz CT molecular complexity index is 2360. The lowest BCUT2D eigenvalue weighted by molar-refractivity contribution is 0.587. The molecule has 7 heteroatoms. The van der Waals surface area contributed by atoms with Gasteiger partial charge < -0.3 is 11.1 Å². The maximum atomic E-state index is 7.99. The predicted octanol–water partition coefficient (Wildman–Crippen LogP) is 11.7. The minimum atomic E-state index is -2.90. The molecule has 0 radical (unpaired) electrons. The third-order valence-corrected chi connectivity index (χ3v) is 13.3. The second-order valence-corrected chi connectivity index (χ2v) is 19.1. The number of rotatable bonds is 5. The molecule has 0 spiro atoms. The summed E-state index contributed by atoms with van der Waals surface area (Å²) < 4.78 is 2.43. The maximum Gasteiger partial charge on any atom is 0.351 e. The molecule has 2 aliphatic heterocycles. The van der Waals surface area contributed by atoms with Crippen molar-refractivity contribution >= 4 is 41.1 Å². The summed E-state index contributed by atoms with van der Waals surface area (Å²) >= 11 is 0. The van der Waals surface area contributed by atoms with E-state index in [9.17, 15) is 0 Å². The molecule has 3 heterocycles. The molecule has 2 bridgehead atoms. The largest absolute Gasteiger partial charge is 0.355 e. The van der Waals surface area contributed by atoms with Crippen molar-refractivity contribution in [2.75, 3.05) is 5.09 Å². The van der Waals surface area contributed by atoms with Crippen LogP contribution in [0.5, 0.6) is 0 Å². The van der Waals surface area contributed by atoms with Gasteiger partial charge in [-0.15, -0.1) is 10.6 Å². The van der Waals surface area contributed by atoms with Gasteiger partial charge >= 0.3 is 7.87 Å². The van der Waals surface area contributed by atoms with E-state index in [0.717, 1.165) is 57.7 Å². The van der Waals surface area contributed by atoms with Gasteiger partial charge in [0.2, 0.25) is 0 Å². The highest BCUT2D eigenvalue weighted by Gasteiger charge is 2.50. The zero-order chi connectivity index (χ0) is 38.6. The third-order valence-electron chi connectivity index (χ3n) is 11.1. The van der Waals surface area contributed by atoms with Gasteiger partial charge in [-0.3, -0.25) is 0 Å². The van der Waals surface area contributed by atoms with Gasteiger partial charge in [-0.2, -0.15) is 4.34 Å². The van der Waals surface area contributed by atoms with Crippen LogP contribution in [0.3, 0.4) is 0 Å². The Morgan fingerprint density at radius 3 is 2.37 bits per heavy atom. The van der Waals surface area contributed by atoms with Crippen molar-refractivity contribution in [2.45, 2.75) is 98.6 Å². The van der Waals surface area contributed by atoms with Gasteiger partial charge in [0.1, 0.15) is 0 Å². The van der Waals surface area contributed by atoms with E-state index in [1.165, 1.54) is 38.6 Å². The van der Waals surface area contributed by atoms with E-state index >= 15 is 0 Å². The number of aromatic nitrogens is 1. The lowest BCUT2D eigenvalue weighted by Crippen LogP contribution is -2.41. The van der Waals surface area contributed by atoms with Crippen molar-refractivity contribution in [2.24, 2.45) is 11.2 Å². The van der Waals surface area contributed by atoms with Gasteiger partial charge in [-0.1, -0.05) is 114 Å². The summed E-state index contributed by atoms with van der Waals surface area (Å²) in [5, 5.41) is 14.7. The first kappa shape index (κ1) is 37.8. The average molecular weight is 738 g/mol. The smallest absolute Gasteiger partial charge is 0.351 e. The van der Waals surface area contributed by atoms with E-state index in [4.69, 9.17) is 11.2 Å². The quantitative estimate of drug-likeness (QED) is 0.104. The van der Waals surface area contributed by atoms with Gasteiger partial charge in [0.15, 0.2) is 0 Å². The molecule has 6 nitrogen and oxygen atoms in total. The molecular weight excluding hydrogens is 680 g/mol. The number of anilines is 1. The highest BCUT2D eigenvalue weighted by atomic mass is 31.2. The van der Waals surface area contributed by atoms with Crippen LogP contribution in [0.25, 0.3) is 27.5 Å². The molecule has 3 aromatic carbocycles. The Hall–Kier alpha value is -4.45. The van der Waals surface area contributed by atoms with E-state index in [2.05, 4.69) is 178 Å². The van der Waals surface area contributed by atoms with Crippen LogP contribution in [0, 0.1) is 0 Å². The fourth-order valence-corrected chi connectivity index (χ4v) is 10.7. The SMILES string of the molecule is C\C=C/C=C(/C=C\C)C(\C=C1/NC2=C(CCC=C2)C2N[P+](N)(Nc3c(CN)cccc31)n1c3ccc(C(C)(C)C)cc3c3cc(C(C)(C)C)cc2c31)=C\C. The monoisotopic (exact) mass is 737 g/mol. The minimum absolute atomic E-state index is 0.00188. The van der Waals surface area contributed by atoms with Gasteiger partial charge in [0.05, 0.1) is 22.8 Å². The Morgan fingerprint density at radius 1 is 0.926 bits per heavy atom. The zero-order valence-electron chi connectivity index (χ0n) is 33.6. The van der Waals surface area contributed by atoms with Crippen LogP contribution in [0.2, 0.25) is 0 Å². The number of benzene rings is 3. The van der Waals surface area contributed by atoms with E-state index in [1.807, 2.05) is 6.92 Å². The first-order valence-electron chi connectivity index (χ1n) is 19.4. The van der Waals surface area contributed by atoms with Crippen molar-refractivity contribution in [3.8, 4) is 0 Å². The number of hydrogen-bond acceptors (Lipinski definition) is 5. The normalized spacial score (nSPS) is 21.6. The van der Waals surface area contributed by atoms with Crippen LogP contribution < -0.4 is 26.7 Å². The first-order chi connectivity index (χ1) is 25.7. The minimum Gasteiger partial charge on any atom is -0.355 e. The number of hydrogen-bond donors (Lipinski definition) is 5. The van der Waals surface area contributed by atoms with Crippen molar-refractivity contribution in [3.05, 3.63) is 153 Å². The highest BCUT2D eigenvalue weighted by Crippen LogP contribution is 2.61. The van der Waals surface area contributed by atoms with Crippen LogP contribution in [-0.4, -0.2) is 4.34 Å². The number of nitrogens with two attached hydrogens (primary N) is 2. The molecule has 0 amide bonds. The number of para-hydroxylation sites is 1. The topological polar surface area (TPSA) is 93.1 Å². The summed E-state index contributed by atoms with van der Waals surface area (Å²) in [6.07, 6.45) is 21.5. The molecule has 0 saturated heterocycles. The molecule has 280 valence electrons. The van der Waals surface area contributed by atoms with Crippen LogP contribution in [0.1, 0.15) is 109 Å². The lowest BCUT2D eigenvalue weighted by atomic mass is 9.82. The van der Waals surface area contributed by atoms with Crippen LogP contribution in [-0.2, 0) is 17.4 Å². The molecule has 2 unspecified atom stereocenters. The number of nitrogens with zero attached hydrogens (tertiary/aromatic N) is 1. The van der Waals surface area contributed by atoms with Gasteiger partial charge in [0, 0.05) is 39.8 Å². The second-order valence-electron chi connectivity index (χ2n) is 16.9. The van der Waals surface area contributed by atoms with E-state index in [0.29, 0.717) is 6.54 Å². The fourth-order valence-electron chi connectivity index (χ4n) is 8.12. The van der Waals surface area contributed by atoms with Crippen molar-refractivity contribution in [1.82, 2.24) is 14.7 Å². The standard InChI is InChI=1S/C47H58N6P/c1-10-13-18-31(17-11-2)30(12-3)25-41-36-21-16-19-32(29-48)43(36)51-54(49)52-44(35-20-14-15-22-40(35)50-41)39-28-34(47(7,8)9)27-38-37-26-33(46(4,5)6)23-24-42(37)53(54)45(38)39/h10-13,15-19,21-28,44,50-52H,14,20,29,48-49H2,1-9H3/q+1/b13-10-,17-11-,30-12+,31-18-,41-25-. The fraction of sp³-hybridized carbons (Fsp3) is 0.319. The molecule has 4 aromatic rings. The Kier molecular flexibility index (Phi) is 10.0. The molecular formula is C47H58N6P+. The second kappa shape index (κ2) is 14.3. The maximum absolute atomic E-state index is 7.99. The van der Waals surface area contributed by atoms with Crippen molar-refractivity contribution < 1.29 is 0 Å². The van der Waals surface area contributed by atoms with Crippen molar-refractivity contribution in [1.29, 1.82) is 0 Å². The molecule has 7 N–H and O–H groups in total. The average Bonchev–Trinajstić information content (AvgIpc) is 3.48. The lowest BCUT2D eigenvalue weighted by Gasteiger charge is -2.38. The van der Waals surface area contributed by atoms with E-state index in [-0.39, 0.29) is 16.9 Å². The summed E-state index contributed by atoms with van der Waals surface area (Å²) in [6, 6.07) is 18.1. The highest BCUT2D eigenvalue weighted by molar-refractivity contribution is 7.72. The summed E-state index contributed by atoms with van der Waals surface area (Å²) in [6.45, 7) is 20.4. The Balaban J connectivity index is 1.60. The number of fused-ring (bicyclic) bond motifs is 9. The van der Waals surface area contributed by atoms with Gasteiger partial charge in [-0.05, 0) is 108 Å². The predicted molar refractivity (Wildman–Crippen MR) is 235 cm³/mol. The molecule has 0 fully saturated rings. The molecule has 54 heavy (non-hydrogen) atoms. The Morgan fingerprint density at radius 2 is 1.69 bits per heavy atom. The van der Waals surface area contributed by atoms with Crippen molar-refractivity contribution in [3.63, 3.8) is 0 Å². The van der Waals surface area contributed by atoms with E-state index in [1.54, 1.807) is 0 Å². The summed E-state index contributed by atoms with van der Waals surface area (Å²) in [5.41, 5.74) is 29.4. The molecule has 2 atom stereocenters. The summed E-state index contributed by atoms with van der Waals surface area (Å²) in [4.78, 5) is 0. The molecule has 7 rings (SSSR count). The molecule has 1 aromatic heterocycles. The van der Waals surface area contributed by atoms with Crippen LogP contribution in [0.4, 0.5) is 5.69 Å². The zero-order valence-corrected chi connectivity index (χ0v) is 34.5. The van der Waals surface area contributed by atoms with Gasteiger partial charge in [0.25, 0.3) is 0 Å². The molecule has 3 aliphatic rings.